The van der Waals surface area contributed by atoms with E-state index in [0.717, 1.165) is 18.5 Å². The Morgan fingerprint density at radius 1 is 1.11 bits per heavy atom. The van der Waals surface area contributed by atoms with E-state index in [2.05, 4.69) is 17.1 Å². The number of hydrogen-bond acceptors (Lipinski definition) is 3. The van der Waals surface area contributed by atoms with E-state index < -0.39 is 0 Å². The van der Waals surface area contributed by atoms with Gasteiger partial charge in [0, 0.05) is 18.6 Å². The number of nitrogens with one attached hydrogen (secondary N) is 1. The van der Waals surface area contributed by atoms with Gasteiger partial charge < -0.3 is 10.4 Å². The molecule has 1 aliphatic heterocycles. The minimum atomic E-state index is -0.0967. The van der Waals surface area contributed by atoms with Crippen LogP contribution in [-0.2, 0) is 0 Å². The van der Waals surface area contributed by atoms with Gasteiger partial charge >= 0.3 is 0 Å². The topological polar surface area (TPSA) is 35.5 Å². The van der Waals surface area contributed by atoms with Gasteiger partial charge in [0.2, 0.25) is 0 Å². The molecule has 0 aromatic rings. The van der Waals surface area contributed by atoms with Crippen LogP contribution in [0.3, 0.4) is 0 Å². The molecule has 0 bridgehead atoms. The summed E-state index contributed by atoms with van der Waals surface area (Å²) in [4.78, 5) is 2.69. The third-order valence-corrected chi connectivity index (χ3v) is 5.39. The molecule has 3 atom stereocenters. The van der Waals surface area contributed by atoms with Gasteiger partial charge in [0.1, 0.15) is 0 Å². The largest absolute Gasteiger partial charge is 0.394 e. The van der Waals surface area contributed by atoms with Gasteiger partial charge in [-0.2, -0.15) is 0 Å². The van der Waals surface area contributed by atoms with Crippen LogP contribution in [0.4, 0.5) is 0 Å². The van der Waals surface area contributed by atoms with E-state index in [4.69, 9.17) is 0 Å². The summed E-state index contributed by atoms with van der Waals surface area (Å²) in [5.41, 5.74) is -0.0967. The fourth-order valence-corrected chi connectivity index (χ4v) is 4.23. The zero-order valence-electron chi connectivity index (χ0n) is 12.4. The highest BCUT2D eigenvalue weighted by atomic mass is 16.3. The number of fused-ring (bicyclic) bond motifs is 1. The van der Waals surface area contributed by atoms with E-state index >= 15 is 0 Å². The molecule has 0 aromatic carbocycles. The molecule has 3 rings (SSSR count). The van der Waals surface area contributed by atoms with Crippen LogP contribution in [-0.4, -0.2) is 47.3 Å². The highest BCUT2D eigenvalue weighted by Crippen LogP contribution is 2.36. The Morgan fingerprint density at radius 2 is 1.84 bits per heavy atom. The number of likely N-dealkylation sites (tertiary alicyclic amines) is 1. The quantitative estimate of drug-likeness (QED) is 0.800. The fraction of sp³-hybridized carbons (Fsp3) is 1.00. The lowest BCUT2D eigenvalue weighted by molar-refractivity contribution is 0.0246. The number of aliphatic hydroxyl groups excluding tert-OH is 1. The number of aliphatic hydroxyl groups is 1. The number of hydrogen-bond donors (Lipinski definition) is 2. The molecule has 3 aliphatic rings. The predicted molar refractivity (Wildman–Crippen MR) is 78.2 cm³/mol. The first kappa shape index (κ1) is 13.8. The van der Waals surface area contributed by atoms with Crippen molar-refractivity contribution in [1.82, 2.24) is 10.2 Å². The highest BCUT2D eigenvalue weighted by molar-refractivity contribution is 4.97. The molecule has 0 amide bonds. The molecule has 110 valence electrons. The summed E-state index contributed by atoms with van der Waals surface area (Å²) in [6, 6.07) is 1.47. The van der Waals surface area contributed by atoms with E-state index in [0.29, 0.717) is 6.04 Å². The van der Waals surface area contributed by atoms with Crippen LogP contribution in [0, 0.1) is 5.92 Å². The fourth-order valence-electron chi connectivity index (χ4n) is 4.23. The van der Waals surface area contributed by atoms with Crippen molar-refractivity contribution in [2.75, 3.05) is 19.7 Å². The number of nitrogens with zero attached hydrogens (tertiary/aromatic N) is 1. The SMILES string of the molecule is CC(CO)(CN1CCCC2CCCCC21)NC1CC1. The summed E-state index contributed by atoms with van der Waals surface area (Å²) in [5, 5.41) is 13.5. The normalized spacial score (nSPS) is 35.7. The minimum Gasteiger partial charge on any atom is -0.394 e. The van der Waals surface area contributed by atoms with E-state index in [1.54, 1.807) is 0 Å². The number of rotatable bonds is 5. The van der Waals surface area contributed by atoms with Crippen molar-refractivity contribution in [3.63, 3.8) is 0 Å². The molecule has 2 saturated carbocycles. The Kier molecular flexibility index (Phi) is 4.16. The van der Waals surface area contributed by atoms with Crippen LogP contribution < -0.4 is 5.32 Å². The summed E-state index contributed by atoms with van der Waals surface area (Å²) >= 11 is 0. The second-order valence-corrected chi connectivity index (χ2v) is 7.36. The van der Waals surface area contributed by atoms with Gasteiger partial charge in [-0.1, -0.05) is 12.8 Å². The Hall–Kier alpha value is -0.120. The number of piperidine rings is 1. The van der Waals surface area contributed by atoms with E-state index in [1.807, 2.05) is 0 Å². The molecular weight excluding hydrogens is 236 g/mol. The molecule has 3 unspecified atom stereocenters. The summed E-state index contributed by atoms with van der Waals surface area (Å²) in [7, 11) is 0. The Bertz CT molecular complexity index is 303. The average molecular weight is 266 g/mol. The van der Waals surface area contributed by atoms with Gasteiger partial charge in [0.05, 0.1) is 12.1 Å². The van der Waals surface area contributed by atoms with Crippen molar-refractivity contribution in [3.05, 3.63) is 0 Å². The third-order valence-electron chi connectivity index (χ3n) is 5.39. The maximum absolute atomic E-state index is 9.80. The van der Waals surface area contributed by atoms with Crippen molar-refractivity contribution in [2.45, 2.75) is 75.9 Å². The molecular formula is C16H30N2O. The molecule has 1 saturated heterocycles. The third kappa shape index (κ3) is 3.32. The van der Waals surface area contributed by atoms with Gasteiger partial charge in [0.25, 0.3) is 0 Å². The average Bonchev–Trinajstić information content (AvgIpc) is 3.23. The second-order valence-electron chi connectivity index (χ2n) is 7.36. The molecule has 2 aliphatic carbocycles. The first-order valence-corrected chi connectivity index (χ1v) is 8.33. The van der Waals surface area contributed by atoms with Gasteiger partial charge in [-0.25, -0.2) is 0 Å². The second kappa shape index (κ2) is 5.71. The summed E-state index contributed by atoms with van der Waals surface area (Å²) in [6.07, 6.45) is 11.0. The molecule has 19 heavy (non-hydrogen) atoms. The van der Waals surface area contributed by atoms with Crippen molar-refractivity contribution in [1.29, 1.82) is 0 Å². The first-order chi connectivity index (χ1) is 9.20. The highest BCUT2D eigenvalue weighted by Gasteiger charge is 2.38. The lowest BCUT2D eigenvalue weighted by atomic mass is 9.78. The summed E-state index contributed by atoms with van der Waals surface area (Å²) in [6.45, 7) is 4.74. The molecule has 0 spiro atoms. The van der Waals surface area contributed by atoms with Crippen molar-refractivity contribution < 1.29 is 5.11 Å². The molecule has 1 heterocycles. The maximum Gasteiger partial charge on any atom is 0.0623 e. The Labute approximate surface area is 117 Å². The van der Waals surface area contributed by atoms with Crippen LogP contribution in [0.25, 0.3) is 0 Å². The summed E-state index contributed by atoms with van der Waals surface area (Å²) < 4.78 is 0. The van der Waals surface area contributed by atoms with Gasteiger partial charge in [-0.05, 0) is 57.9 Å². The first-order valence-electron chi connectivity index (χ1n) is 8.33. The van der Waals surface area contributed by atoms with Crippen molar-refractivity contribution in [2.24, 2.45) is 5.92 Å². The molecule has 0 aromatic heterocycles. The Balaban J connectivity index is 1.62. The van der Waals surface area contributed by atoms with Crippen LogP contribution in [0.2, 0.25) is 0 Å². The monoisotopic (exact) mass is 266 g/mol. The van der Waals surface area contributed by atoms with E-state index in [9.17, 15) is 5.11 Å². The molecule has 2 N–H and O–H groups in total. The van der Waals surface area contributed by atoms with E-state index in [-0.39, 0.29) is 12.1 Å². The lowest BCUT2D eigenvalue weighted by Gasteiger charge is -2.47. The zero-order valence-corrected chi connectivity index (χ0v) is 12.4. The maximum atomic E-state index is 9.80. The molecule has 3 heteroatoms. The standard InChI is InChI=1S/C16H30N2O/c1-16(12-19,17-14-8-9-14)11-18-10-4-6-13-5-2-3-7-15(13)18/h13-15,17,19H,2-12H2,1H3. The minimum absolute atomic E-state index is 0.0967. The summed E-state index contributed by atoms with van der Waals surface area (Å²) in [5.74, 6) is 0.936. The predicted octanol–water partition coefficient (Wildman–Crippen LogP) is 2.14. The van der Waals surface area contributed by atoms with E-state index in [1.165, 1.54) is 57.9 Å². The van der Waals surface area contributed by atoms with Gasteiger partial charge in [0.15, 0.2) is 0 Å². The van der Waals surface area contributed by atoms with Crippen LogP contribution in [0.5, 0.6) is 0 Å². The molecule has 3 nitrogen and oxygen atoms in total. The van der Waals surface area contributed by atoms with Crippen molar-refractivity contribution in [3.8, 4) is 0 Å². The van der Waals surface area contributed by atoms with Gasteiger partial charge in [-0.15, -0.1) is 0 Å². The molecule has 0 radical (unpaired) electrons. The van der Waals surface area contributed by atoms with Crippen LogP contribution in [0.1, 0.15) is 58.3 Å². The van der Waals surface area contributed by atoms with Gasteiger partial charge in [-0.3, -0.25) is 4.90 Å². The Morgan fingerprint density at radius 3 is 2.58 bits per heavy atom. The van der Waals surface area contributed by atoms with Crippen LogP contribution in [0.15, 0.2) is 0 Å². The molecule has 3 fully saturated rings. The smallest absolute Gasteiger partial charge is 0.0623 e. The van der Waals surface area contributed by atoms with Crippen LogP contribution >= 0.6 is 0 Å². The lowest BCUT2D eigenvalue weighted by Crippen LogP contribution is -2.59. The zero-order chi connectivity index (χ0) is 13.3. The van der Waals surface area contributed by atoms with Crippen molar-refractivity contribution >= 4 is 0 Å².